The maximum Gasteiger partial charge on any atom is 0.267 e. The van der Waals surface area contributed by atoms with Gasteiger partial charge in [0, 0.05) is 11.2 Å². The Balaban J connectivity index is 2.16. The Morgan fingerprint density at radius 3 is 2.72 bits per heavy atom. The first-order chi connectivity index (χ1) is 12.0. The van der Waals surface area contributed by atoms with E-state index in [0.29, 0.717) is 33.8 Å². The highest BCUT2D eigenvalue weighted by Crippen LogP contribution is 2.26. The molecule has 2 aromatic rings. The van der Waals surface area contributed by atoms with Gasteiger partial charge in [-0.05, 0) is 37.3 Å². The molecular formula is C18H15Cl2N3O2. The summed E-state index contributed by atoms with van der Waals surface area (Å²) in [5, 5.41) is 15.5. The third-order valence-electron chi connectivity index (χ3n) is 3.10. The molecule has 2 N–H and O–H groups in total. The molecule has 0 unspecified atom stereocenters. The van der Waals surface area contributed by atoms with Crippen LogP contribution in [0.25, 0.3) is 0 Å². The molecule has 0 atom stereocenters. The van der Waals surface area contributed by atoms with Crippen molar-refractivity contribution in [1.82, 2.24) is 0 Å². The van der Waals surface area contributed by atoms with Crippen LogP contribution in [-0.2, 0) is 4.79 Å². The standard InChI is InChI=1S/C18H15Cl2N3O2/c1-2-25-17-6-4-3-5-15(17)22-11-12(10-21)18(24)23-16-9-13(19)7-8-14(16)20/h3-9,11,22H,2H2,1H3,(H,23,24)/b12-11-. The largest absolute Gasteiger partial charge is 0.492 e. The molecule has 2 rings (SSSR count). The number of anilines is 2. The Hall–Kier alpha value is -2.68. The quantitative estimate of drug-likeness (QED) is 0.558. The van der Waals surface area contributed by atoms with Crippen LogP contribution in [0.15, 0.2) is 54.2 Å². The second-order valence-corrected chi connectivity index (χ2v) is 5.67. The molecule has 0 saturated carbocycles. The van der Waals surface area contributed by atoms with Crippen LogP contribution in [0.4, 0.5) is 11.4 Å². The number of hydrogen-bond acceptors (Lipinski definition) is 4. The zero-order chi connectivity index (χ0) is 18.2. The first kappa shape index (κ1) is 18.7. The number of carbonyl (C=O) groups excluding carboxylic acids is 1. The number of carbonyl (C=O) groups is 1. The van der Waals surface area contributed by atoms with E-state index >= 15 is 0 Å². The van der Waals surface area contributed by atoms with Crippen LogP contribution in [0.1, 0.15) is 6.92 Å². The highest BCUT2D eigenvalue weighted by Gasteiger charge is 2.12. The minimum Gasteiger partial charge on any atom is -0.492 e. The molecule has 0 aliphatic rings. The highest BCUT2D eigenvalue weighted by molar-refractivity contribution is 6.35. The normalized spacial score (nSPS) is 10.7. The van der Waals surface area contributed by atoms with Gasteiger partial charge in [-0.1, -0.05) is 35.3 Å². The monoisotopic (exact) mass is 375 g/mol. The number of ether oxygens (including phenoxy) is 1. The number of halogens is 2. The van der Waals surface area contributed by atoms with Gasteiger partial charge in [-0.25, -0.2) is 0 Å². The lowest BCUT2D eigenvalue weighted by molar-refractivity contribution is -0.112. The van der Waals surface area contributed by atoms with Crippen molar-refractivity contribution in [1.29, 1.82) is 5.26 Å². The van der Waals surface area contributed by atoms with Gasteiger partial charge in [-0.15, -0.1) is 0 Å². The number of nitrogens with zero attached hydrogens (tertiary/aromatic N) is 1. The van der Waals surface area contributed by atoms with Crippen LogP contribution in [0.3, 0.4) is 0 Å². The average molecular weight is 376 g/mol. The average Bonchev–Trinajstić information content (AvgIpc) is 2.60. The van der Waals surface area contributed by atoms with Crippen molar-refractivity contribution in [2.45, 2.75) is 6.92 Å². The fourth-order valence-corrected chi connectivity index (χ4v) is 2.29. The molecule has 2 aromatic carbocycles. The summed E-state index contributed by atoms with van der Waals surface area (Å²) in [5.74, 6) is 0.0184. The van der Waals surface area contributed by atoms with Gasteiger partial charge in [0.2, 0.25) is 0 Å². The topological polar surface area (TPSA) is 74.1 Å². The van der Waals surface area contributed by atoms with Crippen molar-refractivity contribution in [2.75, 3.05) is 17.2 Å². The Morgan fingerprint density at radius 2 is 2.00 bits per heavy atom. The van der Waals surface area contributed by atoms with E-state index in [1.54, 1.807) is 24.3 Å². The van der Waals surface area contributed by atoms with Crippen LogP contribution >= 0.6 is 23.2 Å². The van der Waals surface area contributed by atoms with E-state index in [4.69, 9.17) is 27.9 Å². The third kappa shape index (κ3) is 5.15. The van der Waals surface area contributed by atoms with Gasteiger partial charge >= 0.3 is 0 Å². The fraction of sp³-hybridized carbons (Fsp3) is 0.111. The van der Waals surface area contributed by atoms with Gasteiger partial charge in [-0.2, -0.15) is 5.26 Å². The lowest BCUT2D eigenvalue weighted by Crippen LogP contribution is -2.15. The lowest BCUT2D eigenvalue weighted by Gasteiger charge is -2.10. The van der Waals surface area contributed by atoms with Gasteiger partial charge in [0.1, 0.15) is 17.4 Å². The summed E-state index contributed by atoms with van der Waals surface area (Å²) >= 11 is 11.9. The summed E-state index contributed by atoms with van der Waals surface area (Å²) in [5.41, 5.74) is 0.850. The Kier molecular flexibility index (Phi) is 6.70. The van der Waals surface area contributed by atoms with Crippen molar-refractivity contribution in [3.63, 3.8) is 0 Å². The number of rotatable bonds is 6. The SMILES string of the molecule is CCOc1ccccc1N/C=C(/C#N)C(=O)Nc1cc(Cl)ccc1Cl. The number of nitriles is 1. The molecule has 128 valence electrons. The molecule has 0 aliphatic carbocycles. The number of amides is 1. The molecule has 0 spiro atoms. The number of hydrogen-bond donors (Lipinski definition) is 2. The van der Waals surface area contributed by atoms with Crippen LogP contribution < -0.4 is 15.4 Å². The fourth-order valence-electron chi connectivity index (χ4n) is 1.95. The van der Waals surface area contributed by atoms with E-state index in [1.165, 1.54) is 12.3 Å². The molecule has 5 nitrogen and oxygen atoms in total. The van der Waals surface area contributed by atoms with Gasteiger partial charge in [0.15, 0.2) is 0 Å². The predicted octanol–water partition coefficient (Wildman–Crippen LogP) is 4.85. The van der Waals surface area contributed by atoms with E-state index in [0.717, 1.165) is 0 Å². The van der Waals surface area contributed by atoms with Gasteiger partial charge in [0.25, 0.3) is 5.91 Å². The van der Waals surface area contributed by atoms with E-state index in [-0.39, 0.29) is 5.57 Å². The van der Waals surface area contributed by atoms with E-state index in [1.807, 2.05) is 25.1 Å². The van der Waals surface area contributed by atoms with Crippen molar-refractivity contribution in [3.8, 4) is 11.8 Å². The van der Waals surface area contributed by atoms with Crippen LogP contribution in [0.5, 0.6) is 5.75 Å². The minimum absolute atomic E-state index is 0.123. The van der Waals surface area contributed by atoms with Crippen molar-refractivity contribution >= 4 is 40.5 Å². The smallest absolute Gasteiger partial charge is 0.267 e. The molecule has 0 fully saturated rings. The van der Waals surface area contributed by atoms with Crippen LogP contribution in [-0.4, -0.2) is 12.5 Å². The van der Waals surface area contributed by atoms with E-state index < -0.39 is 5.91 Å². The van der Waals surface area contributed by atoms with Gasteiger partial charge in [-0.3, -0.25) is 4.79 Å². The molecule has 7 heteroatoms. The Morgan fingerprint density at radius 1 is 1.24 bits per heavy atom. The predicted molar refractivity (Wildman–Crippen MR) is 100 cm³/mol. The molecule has 0 heterocycles. The lowest BCUT2D eigenvalue weighted by atomic mass is 10.2. The Labute approximate surface area is 155 Å². The molecule has 0 aromatic heterocycles. The van der Waals surface area contributed by atoms with Crippen molar-refractivity contribution in [3.05, 3.63) is 64.3 Å². The second kappa shape index (κ2) is 8.97. The zero-order valence-electron chi connectivity index (χ0n) is 13.3. The summed E-state index contributed by atoms with van der Waals surface area (Å²) in [6, 6.07) is 13.7. The highest BCUT2D eigenvalue weighted by atomic mass is 35.5. The minimum atomic E-state index is -0.604. The molecule has 0 bridgehead atoms. The summed E-state index contributed by atoms with van der Waals surface area (Å²) in [6.45, 7) is 2.37. The number of nitrogens with one attached hydrogen (secondary N) is 2. The molecule has 0 aliphatic heterocycles. The van der Waals surface area contributed by atoms with Crippen molar-refractivity contribution < 1.29 is 9.53 Å². The summed E-state index contributed by atoms with van der Waals surface area (Å²) in [6.07, 6.45) is 1.31. The van der Waals surface area contributed by atoms with Gasteiger partial charge in [0.05, 0.1) is 23.0 Å². The van der Waals surface area contributed by atoms with E-state index in [9.17, 15) is 10.1 Å². The molecule has 25 heavy (non-hydrogen) atoms. The molecule has 0 radical (unpaired) electrons. The van der Waals surface area contributed by atoms with Crippen molar-refractivity contribution in [2.24, 2.45) is 0 Å². The summed E-state index contributed by atoms with van der Waals surface area (Å²) in [7, 11) is 0. The second-order valence-electron chi connectivity index (χ2n) is 4.82. The van der Waals surface area contributed by atoms with Crippen LogP contribution in [0.2, 0.25) is 10.0 Å². The van der Waals surface area contributed by atoms with Gasteiger partial charge < -0.3 is 15.4 Å². The maximum absolute atomic E-state index is 12.3. The first-order valence-corrected chi connectivity index (χ1v) is 8.15. The molecular weight excluding hydrogens is 361 g/mol. The summed E-state index contributed by atoms with van der Waals surface area (Å²) < 4.78 is 5.48. The zero-order valence-corrected chi connectivity index (χ0v) is 14.9. The number of benzene rings is 2. The third-order valence-corrected chi connectivity index (χ3v) is 3.67. The molecule has 0 saturated heterocycles. The summed E-state index contributed by atoms with van der Waals surface area (Å²) in [4.78, 5) is 12.3. The maximum atomic E-state index is 12.3. The number of para-hydroxylation sites is 2. The first-order valence-electron chi connectivity index (χ1n) is 7.40. The van der Waals surface area contributed by atoms with E-state index in [2.05, 4.69) is 10.6 Å². The molecule has 1 amide bonds. The Bertz CT molecular complexity index is 844. The van der Waals surface area contributed by atoms with Crippen LogP contribution in [0, 0.1) is 11.3 Å².